The fraction of sp³-hybridized carbons (Fsp3) is 0.444. The quantitative estimate of drug-likeness (QED) is 0.751. The Kier molecular flexibility index (Phi) is 5.87. The number of rotatable bonds is 6. The number of benzene rings is 1. The Morgan fingerprint density at radius 1 is 1.46 bits per heavy atom. The molecule has 0 aliphatic heterocycles. The number of hydrogen-bond acceptors (Lipinski definition) is 5. The second kappa shape index (κ2) is 7.80. The van der Waals surface area contributed by atoms with E-state index < -0.39 is 11.2 Å². The Morgan fingerprint density at radius 3 is 2.85 bits per heavy atom. The molecule has 1 heterocycles. The lowest BCUT2D eigenvalue weighted by molar-refractivity contribution is -0.0120. The Morgan fingerprint density at radius 2 is 2.23 bits per heavy atom. The smallest absolute Gasteiger partial charge is 0.292 e. The number of hydrogen-bond donors (Lipinski definition) is 2. The highest BCUT2D eigenvalue weighted by molar-refractivity contribution is 8.00. The molecule has 26 heavy (non-hydrogen) atoms. The number of anilines is 1. The van der Waals surface area contributed by atoms with Crippen molar-refractivity contribution in [2.45, 2.75) is 37.5 Å². The van der Waals surface area contributed by atoms with Crippen molar-refractivity contribution in [2.24, 2.45) is 0 Å². The van der Waals surface area contributed by atoms with Gasteiger partial charge in [-0.2, -0.15) is 21.5 Å². The lowest BCUT2D eigenvalue weighted by Crippen LogP contribution is -2.54. The number of aryl methyl sites for hydroxylation is 1. The standard InChI is InChI=1S/C18H21Cl2N3O2S/c1-3-26-15-6-7-18(15,25)10-21-14-9-22-23(17(24)16(14)20)12-5-4-11(2)13(19)8-12/h4-5,8-9,15,21,25H,3,6-7,10H2,1-2H3. The maximum Gasteiger partial charge on any atom is 0.292 e. The van der Waals surface area contributed by atoms with Crippen molar-refractivity contribution in [3.8, 4) is 5.69 Å². The van der Waals surface area contributed by atoms with Crippen LogP contribution in [-0.4, -0.2) is 38.0 Å². The predicted octanol–water partition coefficient (Wildman–Crippen LogP) is 3.91. The number of aromatic nitrogens is 2. The summed E-state index contributed by atoms with van der Waals surface area (Å²) in [6.45, 7) is 4.30. The van der Waals surface area contributed by atoms with Crippen LogP contribution in [0, 0.1) is 6.92 Å². The van der Waals surface area contributed by atoms with Crippen molar-refractivity contribution < 1.29 is 5.11 Å². The molecule has 3 rings (SSSR count). The van der Waals surface area contributed by atoms with Crippen molar-refractivity contribution in [3.63, 3.8) is 0 Å². The van der Waals surface area contributed by atoms with Crippen LogP contribution in [0.4, 0.5) is 5.69 Å². The highest BCUT2D eigenvalue weighted by atomic mass is 35.5. The van der Waals surface area contributed by atoms with Gasteiger partial charge in [-0.15, -0.1) is 0 Å². The summed E-state index contributed by atoms with van der Waals surface area (Å²) in [5.74, 6) is 0.963. The highest BCUT2D eigenvalue weighted by Crippen LogP contribution is 2.41. The van der Waals surface area contributed by atoms with E-state index in [2.05, 4.69) is 17.3 Å². The third-order valence-corrected chi connectivity index (χ3v) is 6.89. The summed E-state index contributed by atoms with van der Waals surface area (Å²) in [6, 6.07) is 5.27. The maximum absolute atomic E-state index is 12.6. The van der Waals surface area contributed by atoms with E-state index in [1.807, 2.05) is 13.0 Å². The molecule has 1 aliphatic rings. The topological polar surface area (TPSA) is 67.2 Å². The second-order valence-corrected chi connectivity index (χ2v) is 8.73. The summed E-state index contributed by atoms with van der Waals surface area (Å²) >= 11 is 14.1. The van der Waals surface area contributed by atoms with Crippen molar-refractivity contribution in [2.75, 3.05) is 17.6 Å². The van der Waals surface area contributed by atoms with Crippen LogP contribution < -0.4 is 10.9 Å². The number of nitrogens with one attached hydrogen (secondary N) is 1. The van der Waals surface area contributed by atoms with Gasteiger partial charge in [0.05, 0.1) is 23.2 Å². The summed E-state index contributed by atoms with van der Waals surface area (Å²) in [4.78, 5) is 12.6. The summed E-state index contributed by atoms with van der Waals surface area (Å²) in [5, 5.41) is 18.8. The summed E-state index contributed by atoms with van der Waals surface area (Å²) in [5.41, 5.74) is 0.684. The molecule has 2 N–H and O–H groups in total. The number of halogens is 2. The molecule has 1 aromatic heterocycles. The van der Waals surface area contributed by atoms with Gasteiger partial charge in [-0.05, 0) is 43.2 Å². The minimum absolute atomic E-state index is 0.0410. The average Bonchev–Trinajstić information content (AvgIpc) is 2.62. The van der Waals surface area contributed by atoms with Crippen LogP contribution >= 0.6 is 35.0 Å². The van der Waals surface area contributed by atoms with Crippen molar-refractivity contribution in [3.05, 3.63) is 50.4 Å². The molecule has 2 atom stereocenters. The fourth-order valence-electron chi connectivity index (χ4n) is 2.94. The zero-order valence-electron chi connectivity index (χ0n) is 14.6. The van der Waals surface area contributed by atoms with Crippen LogP contribution in [0.3, 0.4) is 0 Å². The van der Waals surface area contributed by atoms with Gasteiger partial charge < -0.3 is 10.4 Å². The zero-order valence-corrected chi connectivity index (χ0v) is 17.0. The number of nitrogens with zero attached hydrogens (tertiary/aromatic N) is 2. The molecule has 1 aliphatic carbocycles. The van der Waals surface area contributed by atoms with Gasteiger partial charge in [0.25, 0.3) is 5.56 Å². The molecule has 1 fully saturated rings. The first-order valence-electron chi connectivity index (χ1n) is 8.48. The van der Waals surface area contributed by atoms with Crippen molar-refractivity contribution in [1.82, 2.24) is 9.78 Å². The highest BCUT2D eigenvalue weighted by Gasteiger charge is 2.45. The second-order valence-electron chi connectivity index (χ2n) is 6.46. The maximum atomic E-state index is 12.6. The molecule has 2 unspecified atom stereocenters. The molecule has 0 bridgehead atoms. The van der Waals surface area contributed by atoms with E-state index in [-0.39, 0.29) is 10.3 Å². The van der Waals surface area contributed by atoms with Gasteiger partial charge >= 0.3 is 0 Å². The molecule has 1 aromatic carbocycles. The Labute approximate surface area is 166 Å². The van der Waals surface area contributed by atoms with Gasteiger partial charge in [-0.1, -0.05) is 36.2 Å². The van der Waals surface area contributed by atoms with Crippen molar-refractivity contribution >= 4 is 40.7 Å². The molecule has 8 heteroatoms. The van der Waals surface area contributed by atoms with Gasteiger partial charge in [0, 0.05) is 16.8 Å². The molecule has 0 radical (unpaired) electrons. The summed E-state index contributed by atoms with van der Waals surface area (Å²) in [6.07, 6.45) is 3.24. The van der Waals surface area contributed by atoms with E-state index in [0.717, 1.165) is 24.2 Å². The minimum Gasteiger partial charge on any atom is -0.387 e. The SMILES string of the molecule is CCSC1CCC1(O)CNc1cnn(-c2ccc(C)c(Cl)c2)c(=O)c1Cl. The fourth-order valence-corrected chi connectivity index (χ4v) is 4.51. The first kappa shape index (κ1) is 19.5. The molecule has 0 amide bonds. The van der Waals surface area contributed by atoms with E-state index in [0.29, 0.717) is 22.9 Å². The monoisotopic (exact) mass is 413 g/mol. The van der Waals surface area contributed by atoms with Gasteiger partial charge in [0.2, 0.25) is 0 Å². The van der Waals surface area contributed by atoms with Crippen LogP contribution in [0.2, 0.25) is 10.0 Å². The zero-order chi connectivity index (χ0) is 18.9. The molecule has 1 saturated carbocycles. The summed E-state index contributed by atoms with van der Waals surface area (Å²) in [7, 11) is 0. The molecule has 0 spiro atoms. The molecular formula is C18H21Cl2N3O2S. The van der Waals surface area contributed by atoms with Crippen LogP contribution in [-0.2, 0) is 0 Å². The normalized spacial score (nSPS) is 22.1. The van der Waals surface area contributed by atoms with E-state index in [9.17, 15) is 9.90 Å². The van der Waals surface area contributed by atoms with E-state index in [1.54, 1.807) is 23.9 Å². The molecular weight excluding hydrogens is 393 g/mol. The molecule has 0 saturated heterocycles. The Bertz CT molecular complexity index is 874. The number of aliphatic hydroxyl groups is 1. The molecule has 2 aromatic rings. The van der Waals surface area contributed by atoms with Crippen LogP contribution in [0.5, 0.6) is 0 Å². The van der Waals surface area contributed by atoms with Crippen LogP contribution in [0.1, 0.15) is 25.3 Å². The van der Waals surface area contributed by atoms with Gasteiger partial charge in [0.1, 0.15) is 5.02 Å². The molecule has 140 valence electrons. The van der Waals surface area contributed by atoms with Crippen molar-refractivity contribution in [1.29, 1.82) is 0 Å². The third-order valence-electron chi connectivity index (χ3n) is 4.71. The lowest BCUT2D eigenvalue weighted by atomic mass is 9.79. The third kappa shape index (κ3) is 3.74. The molecule has 5 nitrogen and oxygen atoms in total. The van der Waals surface area contributed by atoms with Crippen LogP contribution in [0.25, 0.3) is 5.69 Å². The first-order chi connectivity index (χ1) is 12.4. The Hall–Kier alpha value is -1.21. The average molecular weight is 414 g/mol. The minimum atomic E-state index is -0.774. The van der Waals surface area contributed by atoms with E-state index in [4.69, 9.17) is 23.2 Å². The largest absolute Gasteiger partial charge is 0.387 e. The van der Waals surface area contributed by atoms with Gasteiger partial charge in [-0.25, -0.2) is 0 Å². The van der Waals surface area contributed by atoms with Gasteiger partial charge in [0.15, 0.2) is 0 Å². The Balaban J connectivity index is 1.80. The van der Waals surface area contributed by atoms with E-state index >= 15 is 0 Å². The van der Waals surface area contributed by atoms with E-state index in [1.165, 1.54) is 10.9 Å². The summed E-state index contributed by atoms with van der Waals surface area (Å²) < 4.78 is 1.21. The van der Waals surface area contributed by atoms with Crippen LogP contribution in [0.15, 0.2) is 29.2 Å². The lowest BCUT2D eigenvalue weighted by Gasteiger charge is -2.45. The first-order valence-corrected chi connectivity index (χ1v) is 10.3. The number of thioether (sulfide) groups is 1. The van der Waals surface area contributed by atoms with Gasteiger partial charge in [-0.3, -0.25) is 4.79 Å². The predicted molar refractivity (Wildman–Crippen MR) is 109 cm³/mol.